The minimum atomic E-state index is -4.10. The lowest BCUT2D eigenvalue weighted by Gasteiger charge is -2.18. The molecule has 0 spiro atoms. The van der Waals surface area contributed by atoms with Crippen molar-refractivity contribution in [1.82, 2.24) is 0 Å². The van der Waals surface area contributed by atoms with Crippen molar-refractivity contribution in [3.8, 4) is 0 Å². The van der Waals surface area contributed by atoms with Crippen LogP contribution in [0.15, 0.2) is 55.1 Å². The van der Waals surface area contributed by atoms with Crippen molar-refractivity contribution in [2.45, 2.75) is 18.1 Å². The maximum Gasteiger partial charge on any atom is 0.303 e. The zero-order valence-electron chi connectivity index (χ0n) is 12.9. The third-order valence-corrected chi connectivity index (χ3v) is 4.66. The summed E-state index contributed by atoms with van der Waals surface area (Å²) in [6, 6.07) is 11.3. The van der Waals surface area contributed by atoms with Gasteiger partial charge in [0.15, 0.2) is 0 Å². The smallest absolute Gasteiger partial charge is 0.303 e. The quantitative estimate of drug-likeness (QED) is 0.648. The van der Waals surface area contributed by atoms with Gasteiger partial charge in [-0.25, -0.2) is 0 Å². The Morgan fingerprint density at radius 2 is 1.88 bits per heavy atom. The standard InChI is InChI=1S/C13H10O3S.C5H8O2/c14-17(15,16)12-8-7-10-4-1-3-9-5-2-6-11(12)13(9)10;1-2-3-4-5(6)7/h1-8,12H,(H,14,15,16);2H,1,3-4H2,(H,6,7). The van der Waals surface area contributed by atoms with Crippen LogP contribution in [0.4, 0.5) is 0 Å². The lowest BCUT2D eigenvalue weighted by atomic mass is 9.93. The van der Waals surface area contributed by atoms with Gasteiger partial charge in [0.2, 0.25) is 0 Å². The summed E-state index contributed by atoms with van der Waals surface area (Å²) in [6.07, 6.45) is 5.62. The fourth-order valence-electron chi connectivity index (χ4n) is 2.56. The summed E-state index contributed by atoms with van der Waals surface area (Å²) in [5.74, 6) is -0.764. The molecule has 0 saturated heterocycles. The van der Waals surface area contributed by atoms with Crippen LogP contribution in [0.5, 0.6) is 0 Å². The van der Waals surface area contributed by atoms with Gasteiger partial charge in [-0.2, -0.15) is 8.42 Å². The monoisotopic (exact) mass is 346 g/mol. The number of benzene rings is 2. The van der Waals surface area contributed by atoms with Crippen LogP contribution in [-0.2, 0) is 14.9 Å². The fraction of sp³-hybridized carbons (Fsp3) is 0.167. The summed E-state index contributed by atoms with van der Waals surface area (Å²) in [7, 11) is -4.10. The van der Waals surface area contributed by atoms with E-state index in [2.05, 4.69) is 6.58 Å². The molecule has 0 aromatic heterocycles. The third-order valence-electron chi connectivity index (χ3n) is 3.61. The molecule has 0 bridgehead atoms. The van der Waals surface area contributed by atoms with Gasteiger partial charge in [-0.1, -0.05) is 54.6 Å². The SMILES string of the molecule is C=CCCC(=O)O.O=S(=O)(O)C1C=Cc2cccc3cccc1c23. The second-order valence-corrected chi connectivity index (χ2v) is 6.85. The number of hydrogen-bond acceptors (Lipinski definition) is 3. The third kappa shape index (κ3) is 4.10. The normalized spacial score (nSPS) is 15.5. The van der Waals surface area contributed by atoms with Crippen LogP contribution < -0.4 is 0 Å². The molecular weight excluding hydrogens is 328 g/mol. The molecule has 0 fully saturated rings. The summed E-state index contributed by atoms with van der Waals surface area (Å²) in [5.41, 5.74) is 1.63. The molecule has 3 rings (SSSR count). The van der Waals surface area contributed by atoms with Crippen LogP contribution in [0.1, 0.15) is 29.2 Å². The Bertz CT molecular complexity index is 892. The molecule has 2 aromatic carbocycles. The second kappa shape index (κ2) is 7.42. The van der Waals surface area contributed by atoms with E-state index in [0.29, 0.717) is 12.0 Å². The molecule has 0 radical (unpaired) electrons. The second-order valence-electron chi connectivity index (χ2n) is 5.31. The van der Waals surface area contributed by atoms with Crippen LogP contribution in [0, 0.1) is 0 Å². The van der Waals surface area contributed by atoms with Gasteiger partial charge in [0.05, 0.1) is 0 Å². The Morgan fingerprint density at radius 3 is 2.42 bits per heavy atom. The lowest BCUT2D eigenvalue weighted by molar-refractivity contribution is -0.136. The van der Waals surface area contributed by atoms with Crippen molar-refractivity contribution in [3.05, 3.63) is 66.3 Å². The number of allylic oxidation sites excluding steroid dienone is 1. The van der Waals surface area contributed by atoms with E-state index in [1.165, 1.54) is 6.08 Å². The zero-order valence-corrected chi connectivity index (χ0v) is 13.7. The Hall–Kier alpha value is -2.44. The number of hydrogen-bond donors (Lipinski definition) is 2. The first-order valence-electron chi connectivity index (χ1n) is 7.33. The summed E-state index contributed by atoms with van der Waals surface area (Å²) in [4.78, 5) is 9.71. The van der Waals surface area contributed by atoms with Gasteiger partial charge >= 0.3 is 5.97 Å². The average molecular weight is 346 g/mol. The maximum absolute atomic E-state index is 11.3. The van der Waals surface area contributed by atoms with E-state index >= 15 is 0 Å². The van der Waals surface area contributed by atoms with Gasteiger partial charge in [-0.05, 0) is 28.3 Å². The molecule has 6 heteroatoms. The van der Waals surface area contributed by atoms with Crippen LogP contribution >= 0.6 is 0 Å². The van der Waals surface area contributed by atoms with Crippen LogP contribution in [0.3, 0.4) is 0 Å². The lowest BCUT2D eigenvalue weighted by Crippen LogP contribution is -2.12. The molecule has 2 aromatic rings. The Kier molecular flexibility index (Phi) is 5.54. The molecule has 126 valence electrons. The molecule has 1 unspecified atom stereocenters. The van der Waals surface area contributed by atoms with E-state index in [1.807, 2.05) is 24.3 Å². The summed E-state index contributed by atoms with van der Waals surface area (Å²) in [5, 5.41) is 8.93. The van der Waals surface area contributed by atoms with Crippen molar-refractivity contribution >= 4 is 32.9 Å². The highest BCUT2D eigenvalue weighted by molar-refractivity contribution is 7.86. The van der Waals surface area contributed by atoms with E-state index in [9.17, 15) is 17.8 Å². The van der Waals surface area contributed by atoms with Crippen molar-refractivity contribution in [3.63, 3.8) is 0 Å². The molecule has 0 amide bonds. The van der Waals surface area contributed by atoms with Gasteiger partial charge in [-0.3, -0.25) is 9.35 Å². The topological polar surface area (TPSA) is 91.7 Å². The highest BCUT2D eigenvalue weighted by Gasteiger charge is 2.27. The van der Waals surface area contributed by atoms with Crippen molar-refractivity contribution in [2.75, 3.05) is 0 Å². The number of rotatable bonds is 4. The van der Waals surface area contributed by atoms with Crippen molar-refractivity contribution in [2.24, 2.45) is 0 Å². The molecular formula is C18H18O5S. The van der Waals surface area contributed by atoms with Gasteiger partial charge in [0.25, 0.3) is 10.1 Å². The van der Waals surface area contributed by atoms with E-state index in [1.54, 1.807) is 24.3 Å². The van der Waals surface area contributed by atoms with Crippen LogP contribution in [0.2, 0.25) is 0 Å². The molecule has 1 aliphatic carbocycles. The first-order valence-corrected chi connectivity index (χ1v) is 8.83. The molecule has 0 saturated carbocycles. The minimum absolute atomic E-state index is 0.198. The molecule has 5 nitrogen and oxygen atoms in total. The van der Waals surface area contributed by atoms with Crippen molar-refractivity contribution < 1.29 is 22.9 Å². The number of carboxylic acid groups (broad SMARTS) is 1. The first kappa shape index (κ1) is 17.9. The van der Waals surface area contributed by atoms with Crippen molar-refractivity contribution in [1.29, 1.82) is 0 Å². The van der Waals surface area contributed by atoms with E-state index < -0.39 is 21.3 Å². The van der Waals surface area contributed by atoms with Gasteiger partial charge in [0, 0.05) is 6.42 Å². The van der Waals surface area contributed by atoms with E-state index in [-0.39, 0.29) is 6.42 Å². The predicted octanol–water partition coefficient (Wildman–Crippen LogP) is 3.83. The molecule has 1 aliphatic rings. The maximum atomic E-state index is 11.3. The number of aliphatic carboxylic acids is 1. The fourth-order valence-corrected chi connectivity index (χ4v) is 3.35. The highest BCUT2D eigenvalue weighted by atomic mass is 32.2. The zero-order chi connectivity index (χ0) is 17.7. The average Bonchev–Trinajstić information content (AvgIpc) is 2.53. The highest BCUT2D eigenvalue weighted by Crippen LogP contribution is 2.36. The van der Waals surface area contributed by atoms with E-state index in [0.717, 1.165) is 16.3 Å². The molecule has 0 aliphatic heterocycles. The van der Waals surface area contributed by atoms with Gasteiger partial charge in [-0.15, -0.1) is 6.58 Å². The summed E-state index contributed by atoms with van der Waals surface area (Å²) in [6.45, 7) is 3.37. The Labute approximate surface area is 140 Å². The summed E-state index contributed by atoms with van der Waals surface area (Å²) >= 11 is 0. The first-order chi connectivity index (χ1) is 11.3. The van der Waals surface area contributed by atoms with Gasteiger partial charge in [0.1, 0.15) is 5.25 Å². The molecule has 24 heavy (non-hydrogen) atoms. The van der Waals surface area contributed by atoms with E-state index in [4.69, 9.17) is 5.11 Å². The number of carbonyl (C=O) groups is 1. The molecule has 0 heterocycles. The Balaban J connectivity index is 0.000000256. The van der Waals surface area contributed by atoms with Gasteiger partial charge < -0.3 is 5.11 Å². The predicted molar refractivity (Wildman–Crippen MR) is 94.3 cm³/mol. The largest absolute Gasteiger partial charge is 0.481 e. The molecule has 1 atom stereocenters. The van der Waals surface area contributed by atoms with Crippen LogP contribution in [-0.4, -0.2) is 24.0 Å². The Morgan fingerprint density at radius 1 is 1.21 bits per heavy atom. The molecule has 2 N–H and O–H groups in total. The number of carboxylic acids is 1. The van der Waals surface area contributed by atoms with Crippen LogP contribution in [0.25, 0.3) is 16.8 Å². The minimum Gasteiger partial charge on any atom is -0.481 e. The summed E-state index contributed by atoms with van der Waals surface area (Å²) < 4.78 is 31.9.